The summed E-state index contributed by atoms with van der Waals surface area (Å²) in [6, 6.07) is 1.79. The second kappa shape index (κ2) is 3.46. The topological polar surface area (TPSA) is 101 Å². The maximum Gasteiger partial charge on any atom is 0.192 e. The van der Waals surface area contributed by atoms with Gasteiger partial charge < -0.3 is 5.11 Å². The molecule has 0 aliphatic rings. The van der Waals surface area contributed by atoms with Crippen LogP contribution in [-0.2, 0) is 19.7 Å². The number of nitrogens with zero attached hydrogens (tertiary/aromatic N) is 1. The van der Waals surface area contributed by atoms with Gasteiger partial charge in [-0.15, -0.1) is 0 Å². The fourth-order valence-electron chi connectivity index (χ4n) is 0.848. The standard InChI is InChI=1S/C7H9NO5S2/c1-14(10,11)6-3-5(9)4-7(8-6)15(2,12)13/h3-4H,1-2H3,(H,8,9). The van der Waals surface area contributed by atoms with Gasteiger partial charge >= 0.3 is 0 Å². The van der Waals surface area contributed by atoms with Crippen molar-refractivity contribution >= 4 is 19.7 Å². The van der Waals surface area contributed by atoms with E-state index in [4.69, 9.17) is 5.11 Å². The largest absolute Gasteiger partial charge is 0.508 e. The zero-order valence-electron chi connectivity index (χ0n) is 8.00. The molecule has 6 nitrogen and oxygen atoms in total. The third-order valence-corrected chi connectivity index (χ3v) is 3.46. The van der Waals surface area contributed by atoms with Crippen molar-refractivity contribution in [3.8, 4) is 5.75 Å². The Balaban J connectivity index is 3.57. The lowest BCUT2D eigenvalue weighted by Crippen LogP contribution is -2.06. The molecule has 1 N–H and O–H groups in total. The molecule has 0 aliphatic carbocycles. The van der Waals surface area contributed by atoms with Gasteiger partial charge in [-0.3, -0.25) is 0 Å². The van der Waals surface area contributed by atoms with E-state index in [9.17, 15) is 16.8 Å². The Hall–Kier alpha value is -1.15. The second-order valence-corrected chi connectivity index (χ2v) is 6.97. The average molecular weight is 251 g/mol. The van der Waals surface area contributed by atoms with Crippen LogP contribution in [0.3, 0.4) is 0 Å². The Morgan fingerprint density at radius 1 is 1.00 bits per heavy atom. The van der Waals surface area contributed by atoms with Crippen molar-refractivity contribution in [1.82, 2.24) is 4.98 Å². The van der Waals surface area contributed by atoms with Crippen LogP contribution >= 0.6 is 0 Å². The number of aromatic hydroxyl groups is 1. The summed E-state index contributed by atoms with van der Waals surface area (Å²) in [6.07, 6.45) is 1.75. The molecule has 0 amide bonds. The van der Waals surface area contributed by atoms with E-state index in [1.165, 1.54) is 0 Å². The Morgan fingerprint density at radius 3 is 1.60 bits per heavy atom. The molecule has 0 spiro atoms. The average Bonchev–Trinajstić information content (AvgIpc) is 1.99. The van der Waals surface area contributed by atoms with Gasteiger partial charge in [0.1, 0.15) is 5.75 Å². The Bertz CT molecular complexity index is 538. The van der Waals surface area contributed by atoms with E-state index in [-0.39, 0.29) is 0 Å². The van der Waals surface area contributed by atoms with Gasteiger partial charge in [-0.05, 0) is 0 Å². The highest BCUT2D eigenvalue weighted by Crippen LogP contribution is 2.18. The summed E-state index contributed by atoms with van der Waals surface area (Å²) < 4.78 is 44.4. The highest BCUT2D eigenvalue weighted by atomic mass is 32.2. The fraction of sp³-hybridized carbons (Fsp3) is 0.286. The van der Waals surface area contributed by atoms with E-state index in [2.05, 4.69) is 4.98 Å². The first-order chi connectivity index (χ1) is 6.60. The predicted octanol–water partition coefficient (Wildman–Crippen LogP) is -0.406. The molecule has 0 bridgehead atoms. The van der Waals surface area contributed by atoms with Crippen molar-refractivity contribution < 1.29 is 21.9 Å². The summed E-state index contributed by atoms with van der Waals surface area (Å²) >= 11 is 0. The summed E-state index contributed by atoms with van der Waals surface area (Å²) in [5.74, 6) is -0.453. The molecular formula is C7H9NO5S2. The van der Waals surface area contributed by atoms with E-state index in [0.717, 1.165) is 24.6 Å². The molecule has 84 valence electrons. The molecular weight excluding hydrogens is 242 g/mol. The molecule has 15 heavy (non-hydrogen) atoms. The zero-order chi connectivity index (χ0) is 11.9. The normalized spacial score (nSPS) is 12.7. The van der Waals surface area contributed by atoms with Crippen molar-refractivity contribution in [3.05, 3.63) is 12.1 Å². The third kappa shape index (κ3) is 2.90. The van der Waals surface area contributed by atoms with Crippen LogP contribution in [0.5, 0.6) is 5.75 Å². The molecule has 0 radical (unpaired) electrons. The molecule has 0 fully saturated rings. The molecule has 0 saturated carbocycles. The van der Waals surface area contributed by atoms with E-state index >= 15 is 0 Å². The van der Waals surface area contributed by atoms with E-state index in [1.807, 2.05) is 0 Å². The van der Waals surface area contributed by atoms with Crippen molar-refractivity contribution in [3.63, 3.8) is 0 Å². The number of hydrogen-bond acceptors (Lipinski definition) is 6. The number of pyridine rings is 1. The lowest BCUT2D eigenvalue weighted by molar-refractivity contribution is 0.467. The number of aromatic nitrogens is 1. The molecule has 1 heterocycles. The lowest BCUT2D eigenvalue weighted by atomic mass is 10.5. The van der Waals surface area contributed by atoms with Crippen LogP contribution in [0.25, 0.3) is 0 Å². The lowest BCUT2D eigenvalue weighted by Gasteiger charge is -2.02. The molecule has 1 aromatic rings. The Kier molecular flexibility index (Phi) is 2.75. The zero-order valence-corrected chi connectivity index (χ0v) is 9.63. The van der Waals surface area contributed by atoms with Gasteiger partial charge in [0.05, 0.1) is 0 Å². The minimum atomic E-state index is -3.64. The molecule has 8 heteroatoms. The minimum absolute atomic E-state index is 0.453. The summed E-state index contributed by atoms with van der Waals surface area (Å²) in [6.45, 7) is 0. The summed E-state index contributed by atoms with van der Waals surface area (Å²) in [7, 11) is -7.29. The molecule has 0 aliphatic heterocycles. The predicted molar refractivity (Wildman–Crippen MR) is 52.1 cm³/mol. The Morgan fingerprint density at radius 2 is 1.33 bits per heavy atom. The van der Waals surface area contributed by atoms with Crippen LogP contribution in [-0.4, -0.2) is 39.4 Å². The minimum Gasteiger partial charge on any atom is -0.508 e. The van der Waals surface area contributed by atoms with Gasteiger partial charge in [-0.1, -0.05) is 0 Å². The molecule has 0 saturated heterocycles. The van der Waals surface area contributed by atoms with Gasteiger partial charge in [0, 0.05) is 24.6 Å². The SMILES string of the molecule is CS(=O)(=O)c1cc(O)cc(S(C)(=O)=O)n1. The Labute approximate surface area is 87.4 Å². The van der Waals surface area contributed by atoms with E-state index in [0.29, 0.717) is 0 Å². The number of rotatable bonds is 2. The smallest absolute Gasteiger partial charge is 0.192 e. The van der Waals surface area contributed by atoms with Crippen molar-refractivity contribution in [2.24, 2.45) is 0 Å². The van der Waals surface area contributed by atoms with Gasteiger partial charge in [0.15, 0.2) is 29.7 Å². The summed E-state index contributed by atoms with van der Waals surface area (Å²) in [5.41, 5.74) is 0. The summed E-state index contributed by atoms with van der Waals surface area (Å²) in [5, 5.41) is 8.21. The monoisotopic (exact) mass is 251 g/mol. The summed E-state index contributed by atoms with van der Waals surface area (Å²) in [4.78, 5) is 3.44. The van der Waals surface area contributed by atoms with Crippen LogP contribution < -0.4 is 0 Å². The van der Waals surface area contributed by atoms with Crippen LogP contribution in [0.4, 0.5) is 0 Å². The first kappa shape index (κ1) is 11.9. The van der Waals surface area contributed by atoms with E-state index < -0.39 is 35.5 Å². The van der Waals surface area contributed by atoms with Crippen molar-refractivity contribution in [2.75, 3.05) is 12.5 Å². The maximum absolute atomic E-state index is 11.1. The van der Waals surface area contributed by atoms with Crippen molar-refractivity contribution in [2.45, 2.75) is 10.1 Å². The van der Waals surface area contributed by atoms with Crippen LogP contribution in [0.15, 0.2) is 22.2 Å². The molecule has 0 aromatic carbocycles. The second-order valence-electron chi connectivity index (χ2n) is 3.05. The van der Waals surface area contributed by atoms with Crippen LogP contribution in [0, 0.1) is 0 Å². The quantitative estimate of drug-likeness (QED) is 0.767. The molecule has 1 aromatic heterocycles. The molecule has 0 atom stereocenters. The fourth-order valence-corrected chi connectivity index (χ4v) is 2.10. The number of sulfone groups is 2. The molecule has 0 unspecified atom stereocenters. The first-order valence-electron chi connectivity index (χ1n) is 3.72. The highest BCUT2D eigenvalue weighted by Gasteiger charge is 2.16. The van der Waals surface area contributed by atoms with Crippen LogP contribution in [0.2, 0.25) is 0 Å². The van der Waals surface area contributed by atoms with Crippen molar-refractivity contribution in [1.29, 1.82) is 0 Å². The first-order valence-corrected chi connectivity index (χ1v) is 7.50. The molecule has 1 rings (SSSR count). The number of hydrogen-bond donors (Lipinski definition) is 1. The maximum atomic E-state index is 11.1. The van der Waals surface area contributed by atoms with Gasteiger partial charge in [-0.2, -0.15) is 0 Å². The van der Waals surface area contributed by atoms with Gasteiger partial charge in [0.2, 0.25) is 0 Å². The van der Waals surface area contributed by atoms with Gasteiger partial charge in [-0.25, -0.2) is 21.8 Å². The van der Waals surface area contributed by atoms with Crippen LogP contribution in [0.1, 0.15) is 0 Å². The van der Waals surface area contributed by atoms with E-state index in [1.54, 1.807) is 0 Å². The van der Waals surface area contributed by atoms with Gasteiger partial charge in [0.25, 0.3) is 0 Å². The highest BCUT2D eigenvalue weighted by molar-refractivity contribution is 7.91. The third-order valence-electron chi connectivity index (χ3n) is 1.52.